The van der Waals surface area contributed by atoms with Crippen molar-refractivity contribution in [3.63, 3.8) is 0 Å². The molecule has 3 aromatic rings. The lowest BCUT2D eigenvalue weighted by Crippen LogP contribution is -2.34. The van der Waals surface area contributed by atoms with Gasteiger partial charge in [-0.3, -0.25) is 9.36 Å². The van der Waals surface area contributed by atoms with E-state index in [-0.39, 0.29) is 17.3 Å². The number of fused-ring (bicyclic) bond motifs is 1. The van der Waals surface area contributed by atoms with Crippen molar-refractivity contribution in [1.29, 1.82) is 0 Å². The Bertz CT molecular complexity index is 1160. The lowest BCUT2D eigenvalue weighted by Gasteiger charge is -2.14. The van der Waals surface area contributed by atoms with Crippen LogP contribution >= 0.6 is 0 Å². The van der Waals surface area contributed by atoms with Crippen molar-refractivity contribution in [1.82, 2.24) is 14.2 Å². The van der Waals surface area contributed by atoms with E-state index in [1.165, 1.54) is 30.8 Å². The number of nitrogens with one attached hydrogen (secondary N) is 1. The molecular formula is C19H21N3O5S. The van der Waals surface area contributed by atoms with Gasteiger partial charge in [0, 0.05) is 20.6 Å². The number of oxazole rings is 1. The number of amides is 1. The van der Waals surface area contributed by atoms with Crippen LogP contribution in [0.25, 0.3) is 11.1 Å². The summed E-state index contributed by atoms with van der Waals surface area (Å²) in [6, 6.07) is 12.4. The molecule has 0 spiro atoms. The molecule has 148 valence electrons. The molecule has 0 aliphatic heterocycles. The number of sulfonamides is 1. The fourth-order valence-electron chi connectivity index (χ4n) is 2.80. The minimum atomic E-state index is -3.50. The normalized spacial score (nSPS) is 13.0. The lowest BCUT2D eigenvalue weighted by atomic mass is 10.2. The van der Waals surface area contributed by atoms with Gasteiger partial charge in [0.25, 0.3) is 0 Å². The second kappa shape index (κ2) is 7.61. The summed E-state index contributed by atoms with van der Waals surface area (Å²) in [5, 5.41) is 2.76. The number of carbonyl (C=O) groups excluding carboxylic acids is 1. The number of hydrogen-bond acceptors (Lipinski definition) is 5. The molecular weight excluding hydrogens is 382 g/mol. The van der Waals surface area contributed by atoms with Gasteiger partial charge in [-0.15, -0.1) is 0 Å². The molecule has 1 aromatic heterocycles. The summed E-state index contributed by atoms with van der Waals surface area (Å²) in [6.45, 7) is 1.82. The van der Waals surface area contributed by atoms with Gasteiger partial charge in [0.1, 0.15) is 6.04 Å². The fourth-order valence-corrected chi connectivity index (χ4v) is 3.70. The zero-order valence-corrected chi connectivity index (χ0v) is 16.6. The quantitative estimate of drug-likeness (QED) is 0.675. The van der Waals surface area contributed by atoms with E-state index in [9.17, 15) is 18.0 Å². The van der Waals surface area contributed by atoms with Crippen molar-refractivity contribution in [3.05, 3.63) is 64.6 Å². The summed E-state index contributed by atoms with van der Waals surface area (Å²) in [4.78, 5) is 24.8. The van der Waals surface area contributed by atoms with Gasteiger partial charge < -0.3 is 9.73 Å². The Morgan fingerprint density at radius 3 is 2.43 bits per heavy atom. The van der Waals surface area contributed by atoms with Crippen LogP contribution in [0, 0.1) is 0 Å². The third kappa shape index (κ3) is 3.71. The molecule has 2 aromatic carbocycles. The van der Waals surface area contributed by atoms with Gasteiger partial charge in [-0.2, -0.15) is 0 Å². The topological polar surface area (TPSA) is 102 Å². The van der Waals surface area contributed by atoms with E-state index in [0.29, 0.717) is 11.1 Å². The summed E-state index contributed by atoms with van der Waals surface area (Å²) in [6.07, 6.45) is 0. The van der Waals surface area contributed by atoms with Crippen LogP contribution in [-0.4, -0.2) is 37.3 Å². The van der Waals surface area contributed by atoms with E-state index in [1.54, 1.807) is 43.3 Å². The SMILES string of the molecule is CC(C(=O)NCc1ccc(S(=O)(=O)N(C)C)cc1)n1c(=O)oc2ccccc21. The Hall–Kier alpha value is -2.91. The number of para-hydroxylation sites is 2. The molecule has 0 aliphatic carbocycles. The number of nitrogens with zero attached hydrogens (tertiary/aromatic N) is 2. The van der Waals surface area contributed by atoms with Crippen molar-refractivity contribution in [3.8, 4) is 0 Å². The van der Waals surface area contributed by atoms with Gasteiger partial charge in [0.15, 0.2) is 5.58 Å². The molecule has 1 unspecified atom stereocenters. The maximum absolute atomic E-state index is 12.5. The monoisotopic (exact) mass is 403 g/mol. The van der Waals surface area contributed by atoms with E-state index >= 15 is 0 Å². The van der Waals surface area contributed by atoms with E-state index in [4.69, 9.17) is 4.42 Å². The summed E-state index contributed by atoms with van der Waals surface area (Å²) in [5.41, 5.74) is 1.71. The number of aromatic nitrogens is 1. The largest absolute Gasteiger partial charge is 0.420 e. The van der Waals surface area contributed by atoms with Crippen molar-refractivity contribution in [2.75, 3.05) is 14.1 Å². The molecule has 3 rings (SSSR count). The maximum Gasteiger partial charge on any atom is 0.420 e. The van der Waals surface area contributed by atoms with Crippen LogP contribution in [0.3, 0.4) is 0 Å². The molecule has 8 nitrogen and oxygen atoms in total. The summed E-state index contributed by atoms with van der Waals surface area (Å²) in [7, 11) is -0.567. The predicted molar refractivity (Wildman–Crippen MR) is 104 cm³/mol. The highest BCUT2D eigenvalue weighted by molar-refractivity contribution is 7.89. The Labute approximate surface area is 162 Å². The molecule has 0 bridgehead atoms. The van der Waals surface area contributed by atoms with E-state index < -0.39 is 21.8 Å². The molecule has 1 atom stereocenters. The zero-order valence-electron chi connectivity index (χ0n) is 15.7. The molecule has 0 saturated heterocycles. The lowest BCUT2D eigenvalue weighted by molar-refractivity contribution is -0.124. The minimum absolute atomic E-state index is 0.178. The molecule has 1 amide bonds. The first-order valence-electron chi connectivity index (χ1n) is 8.61. The average Bonchev–Trinajstić information content (AvgIpc) is 3.01. The highest BCUT2D eigenvalue weighted by atomic mass is 32.2. The third-order valence-electron chi connectivity index (χ3n) is 4.45. The number of benzene rings is 2. The zero-order chi connectivity index (χ0) is 20.5. The number of rotatable bonds is 6. The molecule has 0 fully saturated rings. The molecule has 1 heterocycles. The third-order valence-corrected chi connectivity index (χ3v) is 6.28. The highest BCUT2D eigenvalue weighted by Gasteiger charge is 2.21. The van der Waals surface area contributed by atoms with Gasteiger partial charge in [0.2, 0.25) is 15.9 Å². The van der Waals surface area contributed by atoms with Crippen LogP contribution in [0.1, 0.15) is 18.5 Å². The highest BCUT2D eigenvalue weighted by Crippen LogP contribution is 2.17. The average molecular weight is 403 g/mol. The second-order valence-corrected chi connectivity index (χ2v) is 8.68. The van der Waals surface area contributed by atoms with Gasteiger partial charge in [-0.05, 0) is 36.8 Å². The summed E-state index contributed by atoms with van der Waals surface area (Å²) < 4.78 is 31.8. The Morgan fingerprint density at radius 2 is 1.79 bits per heavy atom. The first-order chi connectivity index (χ1) is 13.2. The van der Waals surface area contributed by atoms with Crippen LogP contribution in [-0.2, 0) is 21.4 Å². The molecule has 9 heteroatoms. The van der Waals surface area contributed by atoms with Crippen molar-refractivity contribution in [2.24, 2.45) is 0 Å². The number of hydrogen-bond donors (Lipinski definition) is 1. The Morgan fingerprint density at radius 1 is 1.14 bits per heavy atom. The van der Waals surface area contributed by atoms with E-state index in [1.807, 2.05) is 0 Å². The van der Waals surface area contributed by atoms with Crippen molar-refractivity contribution in [2.45, 2.75) is 24.4 Å². The van der Waals surface area contributed by atoms with Crippen LogP contribution in [0.4, 0.5) is 0 Å². The minimum Gasteiger partial charge on any atom is -0.408 e. The van der Waals surface area contributed by atoms with E-state index in [0.717, 1.165) is 9.87 Å². The molecule has 0 aliphatic rings. The predicted octanol–water partition coefficient (Wildman–Crippen LogP) is 1.72. The Balaban J connectivity index is 1.72. The van der Waals surface area contributed by atoms with Crippen LogP contribution < -0.4 is 11.1 Å². The summed E-state index contributed by atoms with van der Waals surface area (Å²) in [5.74, 6) is -0.944. The summed E-state index contributed by atoms with van der Waals surface area (Å²) >= 11 is 0. The van der Waals surface area contributed by atoms with Gasteiger partial charge in [0.05, 0.1) is 10.4 Å². The van der Waals surface area contributed by atoms with E-state index in [2.05, 4.69) is 5.32 Å². The van der Waals surface area contributed by atoms with Crippen LogP contribution in [0.2, 0.25) is 0 Å². The molecule has 1 N–H and O–H groups in total. The molecule has 0 radical (unpaired) electrons. The van der Waals surface area contributed by atoms with Gasteiger partial charge in [-0.1, -0.05) is 24.3 Å². The van der Waals surface area contributed by atoms with Crippen LogP contribution in [0.5, 0.6) is 0 Å². The standard InChI is InChI=1S/C19H21N3O5S/c1-13(22-16-6-4-5-7-17(16)27-19(22)24)18(23)20-12-14-8-10-15(11-9-14)28(25,26)21(2)3/h4-11,13H,12H2,1-3H3,(H,20,23). The maximum atomic E-state index is 12.5. The van der Waals surface area contributed by atoms with Crippen molar-refractivity contribution >= 4 is 27.0 Å². The first kappa shape index (κ1) is 19.8. The Kier molecular flexibility index (Phi) is 5.39. The van der Waals surface area contributed by atoms with Crippen molar-refractivity contribution < 1.29 is 17.6 Å². The smallest absolute Gasteiger partial charge is 0.408 e. The van der Waals surface area contributed by atoms with Gasteiger partial charge >= 0.3 is 5.76 Å². The first-order valence-corrected chi connectivity index (χ1v) is 10.0. The second-order valence-electron chi connectivity index (χ2n) is 6.53. The number of carbonyl (C=O) groups is 1. The van der Waals surface area contributed by atoms with Gasteiger partial charge in [-0.25, -0.2) is 17.5 Å². The van der Waals surface area contributed by atoms with Crippen LogP contribution in [0.15, 0.2) is 62.6 Å². The molecule has 28 heavy (non-hydrogen) atoms. The molecule has 0 saturated carbocycles. The fraction of sp³-hybridized carbons (Fsp3) is 0.263.